The molecule has 0 atom stereocenters. The number of anilines is 1. The minimum Gasteiger partial charge on any atom is -0.508 e. The zero-order valence-corrected chi connectivity index (χ0v) is 11.7. The van der Waals surface area contributed by atoms with Crippen molar-refractivity contribution in [1.82, 2.24) is 0 Å². The van der Waals surface area contributed by atoms with Crippen LogP contribution in [-0.2, 0) is 0 Å². The van der Waals surface area contributed by atoms with Gasteiger partial charge in [-0.1, -0.05) is 17.7 Å². The third-order valence-corrected chi connectivity index (χ3v) is 3.29. The smallest absolute Gasteiger partial charge is 0.257 e. The number of aromatic hydroxyl groups is 1. The van der Waals surface area contributed by atoms with E-state index in [9.17, 15) is 9.90 Å². The molecule has 0 aliphatic carbocycles. The van der Waals surface area contributed by atoms with Crippen LogP contribution in [0.5, 0.6) is 17.2 Å². The van der Waals surface area contributed by atoms with E-state index in [-0.39, 0.29) is 22.2 Å². The second-order valence-corrected chi connectivity index (χ2v) is 4.89. The van der Waals surface area contributed by atoms with Crippen molar-refractivity contribution in [3.63, 3.8) is 0 Å². The molecule has 5 nitrogen and oxygen atoms in total. The number of ether oxygens (including phenoxy) is 2. The van der Waals surface area contributed by atoms with E-state index in [0.29, 0.717) is 30.4 Å². The second kappa shape index (κ2) is 5.54. The van der Waals surface area contributed by atoms with E-state index in [1.807, 2.05) is 0 Å². The van der Waals surface area contributed by atoms with Gasteiger partial charge in [-0.15, -0.1) is 0 Å². The van der Waals surface area contributed by atoms with Crippen LogP contribution >= 0.6 is 11.6 Å². The van der Waals surface area contributed by atoms with E-state index < -0.39 is 0 Å². The second-order valence-electron chi connectivity index (χ2n) is 4.48. The molecule has 0 spiro atoms. The first-order valence-electron chi connectivity index (χ1n) is 6.33. The van der Waals surface area contributed by atoms with Gasteiger partial charge in [0.25, 0.3) is 5.91 Å². The van der Waals surface area contributed by atoms with Gasteiger partial charge < -0.3 is 19.9 Å². The molecule has 2 aromatic carbocycles. The van der Waals surface area contributed by atoms with Crippen LogP contribution in [0.25, 0.3) is 0 Å². The Balaban J connectivity index is 1.87. The molecule has 1 amide bonds. The normalized spacial score (nSPS) is 12.8. The van der Waals surface area contributed by atoms with Gasteiger partial charge in [0.2, 0.25) is 0 Å². The summed E-state index contributed by atoms with van der Waals surface area (Å²) in [5.74, 6) is 0.704. The number of carbonyl (C=O) groups is 1. The molecule has 0 fully saturated rings. The Bertz CT molecular complexity index is 702. The summed E-state index contributed by atoms with van der Waals surface area (Å²) in [6, 6.07) is 9.39. The number of carbonyl (C=O) groups excluding carboxylic acids is 1. The quantitative estimate of drug-likeness (QED) is 0.895. The van der Waals surface area contributed by atoms with E-state index in [2.05, 4.69) is 5.32 Å². The van der Waals surface area contributed by atoms with Crippen molar-refractivity contribution in [2.45, 2.75) is 0 Å². The minimum absolute atomic E-state index is 0.0704. The average Bonchev–Trinajstić information content (AvgIpc) is 2.46. The highest BCUT2D eigenvalue weighted by atomic mass is 35.5. The van der Waals surface area contributed by atoms with Gasteiger partial charge >= 0.3 is 0 Å². The van der Waals surface area contributed by atoms with Crippen molar-refractivity contribution in [1.29, 1.82) is 0 Å². The molecule has 0 aromatic heterocycles. The fraction of sp³-hybridized carbons (Fsp3) is 0.133. The van der Waals surface area contributed by atoms with E-state index in [0.717, 1.165) is 0 Å². The lowest BCUT2D eigenvalue weighted by atomic mass is 10.1. The Morgan fingerprint density at radius 2 is 1.86 bits per heavy atom. The molecule has 0 saturated heterocycles. The molecular weight excluding hydrogens is 294 g/mol. The first-order chi connectivity index (χ1) is 10.1. The highest BCUT2D eigenvalue weighted by Crippen LogP contribution is 2.35. The molecule has 6 heteroatoms. The Hall–Kier alpha value is -2.40. The fourth-order valence-corrected chi connectivity index (χ4v) is 2.26. The number of phenolic OH excluding ortho intramolecular Hbond substituents is 1. The highest BCUT2D eigenvalue weighted by molar-refractivity contribution is 6.34. The Morgan fingerprint density at radius 1 is 1.14 bits per heavy atom. The number of amides is 1. The largest absolute Gasteiger partial charge is 0.508 e. The zero-order chi connectivity index (χ0) is 14.8. The Kier molecular flexibility index (Phi) is 3.58. The van der Waals surface area contributed by atoms with Gasteiger partial charge in [0.1, 0.15) is 19.0 Å². The molecule has 0 saturated carbocycles. The van der Waals surface area contributed by atoms with E-state index in [1.165, 1.54) is 12.1 Å². The van der Waals surface area contributed by atoms with Crippen molar-refractivity contribution in [2.75, 3.05) is 18.5 Å². The van der Waals surface area contributed by atoms with Gasteiger partial charge in [0, 0.05) is 17.8 Å². The highest BCUT2D eigenvalue weighted by Gasteiger charge is 2.19. The van der Waals surface area contributed by atoms with E-state index in [1.54, 1.807) is 24.3 Å². The lowest BCUT2D eigenvalue weighted by molar-refractivity contribution is 0.102. The van der Waals surface area contributed by atoms with Crippen LogP contribution in [0.4, 0.5) is 5.69 Å². The molecule has 0 radical (unpaired) electrons. The lowest BCUT2D eigenvalue weighted by Crippen LogP contribution is -2.17. The van der Waals surface area contributed by atoms with Crippen molar-refractivity contribution in [2.24, 2.45) is 0 Å². The van der Waals surface area contributed by atoms with Crippen molar-refractivity contribution in [3.05, 3.63) is 47.0 Å². The van der Waals surface area contributed by atoms with Gasteiger partial charge in [-0.3, -0.25) is 4.79 Å². The van der Waals surface area contributed by atoms with Gasteiger partial charge in [-0.2, -0.15) is 0 Å². The molecule has 108 valence electrons. The molecule has 2 aromatic rings. The molecule has 21 heavy (non-hydrogen) atoms. The van der Waals surface area contributed by atoms with Crippen LogP contribution in [0.3, 0.4) is 0 Å². The number of phenols is 1. The standard InChI is InChI=1S/C15H12ClNO4/c16-12-8-14-13(20-4-5-21-14)7-11(12)15(19)17-9-2-1-3-10(18)6-9/h1-3,6-8,18H,4-5H2,(H,17,19). The molecule has 2 N–H and O–H groups in total. The minimum atomic E-state index is -0.387. The summed E-state index contributed by atoms with van der Waals surface area (Å²) in [6.07, 6.45) is 0. The number of rotatable bonds is 2. The monoisotopic (exact) mass is 305 g/mol. The molecule has 1 heterocycles. The summed E-state index contributed by atoms with van der Waals surface area (Å²) in [5, 5.41) is 12.3. The maximum absolute atomic E-state index is 12.3. The van der Waals surface area contributed by atoms with Crippen LogP contribution in [0, 0.1) is 0 Å². The summed E-state index contributed by atoms with van der Waals surface area (Å²) in [6.45, 7) is 0.889. The molecular formula is C15H12ClNO4. The molecule has 0 bridgehead atoms. The summed E-state index contributed by atoms with van der Waals surface area (Å²) < 4.78 is 10.8. The van der Waals surface area contributed by atoms with Crippen molar-refractivity contribution >= 4 is 23.2 Å². The van der Waals surface area contributed by atoms with Gasteiger partial charge in [0.15, 0.2) is 11.5 Å². The summed E-state index contributed by atoms with van der Waals surface area (Å²) in [5.41, 5.74) is 0.759. The first kappa shape index (κ1) is 13.6. The van der Waals surface area contributed by atoms with E-state index in [4.69, 9.17) is 21.1 Å². The summed E-state index contributed by atoms with van der Waals surface area (Å²) >= 11 is 6.11. The van der Waals surface area contributed by atoms with Crippen LogP contribution < -0.4 is 14.8 Å². The summed E-state index contributed by atoms with van der Waals surface area (Å²) in [7, 11) is 0. The van der Waals surface area contributed by atoms with Crippen molar-refractivity contribution in [3.8, 4) is 17.2 Å². The molecule has 3 rings (SSSR count). The number of halogens is 1. The number of hydrogen-bond acceptors (Lipinski definition) is 4. The lowest BCUT2D eigenvalue weighted by Gasteiger charge is -2.19. The predicted molar refractivity (Wildman–Crippen MR) is 78.5 cm³/mol. The number of nitrogens with one attached hydrogen (secondary N) is 1. The van der Waals surface area contributed by atoms with E-state index >= 15 is 0 Å². The third-order valence-electron chi connectivity index (χ3n) is 2.98. The third kappa shape index (κ3) is 2.87. The maximum Gasteiger partial charge on any atom is 0.257 e. The SMILES string of the molecule is O=C(Nc1cccc(O)c1)c1cc2c(cc1Cl)OCCO2. The topological polar surface area (TPSA) is 67.8 Å². The van der Waals surface area contributed by atoms with Gasteiger partial charge in [-0.25, -0.2) is 0 Å². The number of fused-ring (bicyclic) bond motifs is 1. The first-order valence-corrected chi connectivity index (χ1v) is 6.71. The number of benzene rings is 2. The van der Waals surface area contributed by atoms with Crippen LogP contribution in [0.1, 0.15) is 10.4 Å². The fourth-order valence-electron chi connectivity index (χ4n) is 2.02. The molecule has 1 aliphatic heterocycles. The predicted octanol–water partition coefficient (Wildman–Crippen LogP) is 3.07. The van der Waals surface area contributed by atoms with Gasteiger partial charge in [-0.05, 0) is 18.2 Å². The summed E-state index contributed by atoms with van der Waals surface area (Å²) in [4.78, 5) is 12.3. The van der Waals surface area contributed by atoms with Crippen LogP contribution in [0.2, 0.25) is 5.02 Å². The average molecular weight is 306 g/mol. The molecule has 0 unspecified atom stereocenters. The van der Waals surface area contributed by atoms with Gasteiger partial charge in [0.05, 0.1) is 10.6 Å². The zero-order valence-electron chi connectivity index (χ0n) is 10.9. The van der Waals surface area contributed by atoms with Crippen LogP contribution in [0.15, 0.2) is 36.4 Å². The van der Waals surface area contributed by atoms with Crippen molar-refractivity contribution < 1.29 is 19.4 Å². The maximum atomic E-state index is 12.3. The Labute approximate surface area is 126 Å². The number of hydrogen-bond donors (Lipinski definition) is 2. The van der Waals surface area contributed by atoms with Crippen LogP contribution in [-0.4, -0.2) is 24.2 Å². The molecule has 1 aliphatic rings. The Morgan fingerprint density at radius 3 is 2.57 bits per heavy atom.